The van der Waals surface area contributed by atoms with Crippen LogP contribution in [0.2, 0.25) is 0 Å². The van der Waals surface area contributed by atoms with E-state index < -0.39 is 34.3 Å². The molecule has 1 fully saturated rings. The summed E-state index contributed by atoms with van der Waals surface area (Å²) < 4.78 is 53.7. The molecule has 0 spiro atoms. The number of carbonyl (C=O) groups excluding carboxylic acids is 2. The van der Waals surface area contributed by atoms with Crippen LogP contribution in [0.15, 0.2) is 77.7 Å². The van der Waals surface area contributed by atoms with Crippen molar-refractivity contribution in [1.82, 2.24) is 10.2 Å². The lowest BCUT2D eigenvalue weighted by atomic mass is 9.95. The number of nitrogens with zero attached hydrogens (tertiary/aromatic N) is 2. The average molecular weight is 626 g/mol. The van der Waals surface area contributed by atoms with Crippen molar-refractivity contribution in [2.24, 2.45) is 0 Å². The van der Waals surface area contributed by atoms with Gasteiger partial charge in [-0.1, -0.05) is 50.5 Å². The number of nitrogens with one attached hydrogen (secondary N) is 1. The molecule has 0 heterocycles. The van der Waals surface area contributed by atoms with Gasteiger partial charge in [-0.15, -0.1) is 0 Å². The Kier molecular flexibility index (Phi) is 11.2. The van der Waals surface area contributed by atoms with Crippen molar-refractivity contribution >= 4 is 27.5 Å². The Balaban J connectivity index is 1.73. The zero-order valence-corrected chi connectivity index (χ0v) is 26.2. The monoisotopic (exact) mass is 625 g/mol. The first kappa shape index (κ1) is 32.8. The summed E-state index contributed by atoms with van der Waals surface area (Å²) in [5.41, 5.74) is 0.770. The largest absolute Gasteiger partial charge is 0.497 e. The molecule has 11 heteroatoms. The van der Waals surface area contributed by atoms with E-state index >= 15 is 0 Å². The van der Waals surface area contributed by atoms with Gasteiger partial charge >= 0.3 is 0 Å². The quantitative estimate of drug-likeness (QED) is 0.277. The van der Waals surface area contributed by atoms with Gasteiger partial charge < -0.3 is 19.7 Å². The van der Waals surface area contributed by atoms with E-state index in [0.29, 0.717) is 17.7 Å². The third-order valence-electron chi connectivity index (χ3n) is 7.88. The minimum absolute atomic E-state index is 0.0158. The number of rotatable bonds is 13. The second-order valence-corrected chi connectivity index (χ2v) is 12.6. The Morgan fingerprint density at radius 2 is 1.59 bits per heavy atom. The number of benzene rings is 3. The van der Waals surface area contributed by atoms with Gasteiger partial charge in [-0.25, -0.2) is 12.8 Å². The van der Waals surface area contributed by atoms with Gasteiger partial charge in [0.05, 0.1) is 24.8 Å². The van der Waals surface area contributed by atoms with Gasteiger partial charge in [0.1, 0.15) is 29.9 Å². The fraction of sp³-hybridized carbons (Fsp3) is 0.394. The highest BCUT2D eigenvalue weighted by molar-refractivity contribution is 7.92. The minimum atomic E-state index is -4.29. The number of ether oxygens (including phenoxy) is 2. The molecule has 0 bridgehead atoms. The highest BCUT2D eigenvalue weighted by Crippen LogP contribution is 2.33. The molecule has 0 aliphatic heterocycles. The molecular weight excluding hydrogens is 585 g/mol. The zero-order chi connectivity index (χ0) is 31.7. The topological polar surface area (TPSA) is 105 Å². The second-order valence-electron chi connectivity index (χ2n) is 10.8. The molecule has 236 valence electrons. The maximum Gasteiger partial charge on any atom is 0.264 e. The van der Waals surface area contributed by atoms with Crippen LogP contribution in [0.25, 0.3) is 0 Å². The Morgan fingerprint density at radius 1 is 0.932 bits per heavy atom. The molecule has 2 amide bonds. The van der Waals surface area contributed by atoms with E-state index in [1.54, 1.807) is 36.4 Å². The van der Waals surface area contributed by atoms with E-state index in [4.69, 9.17) is 9.47 Å². The lowest BCUT2D eigenvalue weighted by Gasteiger charge is -2.34. The number of anilines is 1. The average Bonchev–Trinajstić information content (AvgIpc) is 3.04. The zero-order valence-electron chi connectivity index (χ0n) is 25.4. The fourth-order valence-electron chi connectivity index (χ4n) is 5.47. The second kappa shape index (κ2) is 15.1. The molecule has 0 aromatic heterocycles. The normalized spacial score (nSPS) is 14.4. The number of hydrogen-bond donors (Lipinski definition) is 1. The third-order valence-corrected chi connectivity index (χ3v) is 9.66. The number of methoxy groups -OCH3 is 2. The van der Waals surface area contributed by atoms with Gasteiger partial charge in [0.2, 0.25) is 11.8 Å². The molecule has 44 heavy (non-hydrogen) atoms. The number of amides is 2. The van der Waals surface area contributed by atoms with E-state index in [1.807, 2.05) is 6.92 Å². The van der Waals surface area contributed by atoms with Crippen LogP contribution in [0.1, 0.15) is 51.0 Å². The van der Waals surface area contributed by atoms with Crippen LogP contribution in [-0.4, -0.2) is 58.0 Å². The van der Waals surface area contributed by atoms with Crippen molar-refractivity contribution in [2.45, 2.75) is 69.0 Å². The van der Waals surface area contributed by atoms with Crippen LogP contribution in [0.3, 0.4) is 0 Å². The lowest BCUT2D eigenvalue weighted by Crippen LogP contribution is -2.54. The van der Waals surface area contributed by atoms with Crippen LogP contribution in [0.4, 0.5) is 10.1 Å². The molecule has 1 saturated carbocycles. The number of para-hydroxylation sites is 2. The number of halogens is 1. The maximum atomic E-state index is 14.3. The first-order valence-electron chi connectivity index (χ1n) is 14.8. The Hall–Kier alpha value is -4.12. The molecule has 9 nitrogen and oxygen atoms in total. The van der Waals surface area contributed by atoms with E-state index in [2.05, 4.69) is 5.32 Å². The first-order chi connectivity index (χ1) is 21.2. The summed E-state index contributed by atoms with van der Waals surface area (Å²) in [7, 11) is -1.40. The van der Waals surface area contributed by atoms with Crippen molar-refractivity contribution in [1.29, 1.82) is 0 Å². The third kappa shape index (κ3) is 7.88. The Labute approximate surface area is 259 Å². The predicted octanol–water partition coefficient (Wildman–Crippen LogP) is 5.29. The van der Waals surface area contributed by atoms with E-state index in [9.17, 15) is 22.4 Å². The van der Waals surface area contributed by atoms with Crippen LogP contribution in [0, 0.1) is 5.82 Å². The predicted molar refractivity (Wildman–Crippen MR) is 167 cm³/mol. The van der Waals surface area contributed by atoms with Crippen LogP contribution in [-0.2, 0) is 26.2 Å². The highest BCUT2D eigenvalue weighted by Gasteiger charge is 2.35. The molecule has 0 saturated heterocycles. The maximum absolute atomic E-state index is 14.3. The van der Waals surface area contributed by atoms with Crippen molar-refractivity contribution in [2.75, 3.05) is 25.1 Å². The summed E-state index contributed by atoms with van der Waals surface area (Å²) in [6, 6.07) is 17.2. The SMILES string of the molecule is CC[C@H](C(=O)NC1CCCCC1)N(Cc1ccc(F)cc1)C(=O)CN(c1ccccc1OC)S(=O)(=O)c1ccc(OC)cc1. The van der Waals surface area contributed by atoms with Gasteiger partial charge in [-0.2, -0.15) is 0 Å². The van der Waals surface area contributed by atoms with Crippen LogP contribution < -0.4 is 19.1 Å². The molecule has 0 radical (unpaired) electrons. The summed E-state index contributed by atoms with van der Waals surface area (Å²) in [6.07, 6.45) is 5.21. The molecule has 1 aliphatic carbocycles. The van der Waals surface area contributed by atoms with Crippen molar-refractivity contribution in [3.63, 3.8) is 0 Å². The molecule has 3 aromatic rings. The number of sulfonamides is 1. The van der Waals surface area contributed by atoms with Crippen LogP contribution >= 0.6 is 0 Å². The Bertz CT molecular complexity index is 1510. The summed E-state index contributed by atoms with van der Waals surface area (Å²) in [5, 5.41) is 3.11. The van der Waals surface area contributed by atoms with E-state index in [-0.39, 0.29) is 34.8 Å². The molecular formula is C33H40FN3O6S. The van der Waals surface area contributed by atoms with Crippen molar-refractivity contribution in [3.05, 3.63) is 84.2 Å². The summed E-state index contributed by atoms with van der Waals surface area (Å²) in [6.45, 7) is 1.18. The fourth-order valence-corrected chi connectivity index (χ4v) is 6.90. The summed E-state index contributed by atoms with van der Waals surface area (Å²) in [5.74, 6) is -0.588. The number of carbonyl (C=O) groups is 2. The number of hydrogen-bond acceptors (Lipinski definition) is 6. The van der Waals surface area contributed by atoms with Gasteiger partial charge in [-0.3, -0.25) is 13.9 Å². The van der Waals surface area contributed by atoms with E-state index in [0.717, 1.165) is 36.4 Å². The van der Waals surface area contributed by atoms with E-state index in [1.165, 1.54) is 55.5 Å². The van der Waals surface area contributed by atoms with Crippen LogP contribution in [0.5, 0.6) is 11.5 Å². The molecule has 0 unspecified atom stereocenters. The Morgan fingerprint density at radius 3 is 2.20 bits per heavy atom. The van der Waals surface area contributed by atoms with Gasteiger partial charge in [0, 0.05) is 12.6 Å². The standard InChI is InChI=1S/C33H40FN3O6S/c1-4-29(33(39)35-26-10-6-5-7-11-26)36(22-24-14-16-25(34)17-15-24)32(38)23-37(30-12-8-9-13-31(30)43-3)44(40,41)28-20-18-27(42-2)19-21-28/h8-9,12-21,26,29H,4-7,10-11,22-23H2,1-3H3,(H,35,39)/t29-/m1/s1. The lowest BCUT2D eigenvalue weighted by molar-refractivity contribution is -0.140. The molecule has 3 aromatic carbocycles. The van der Waals surface area contributed by atoms with Gasteiger partial charge in [0.15, 0.2) is 0 Å². The van der Waals surface area contributed by atoms with Crippen molar-refractivity contribution in [3.8, 4) is 11.5 Å². The van der Waals surface area contributed by atoms with Gasteiger partial charge in [0.25, 0.3) is 10.0 Å². The first-order valence-corrected chi connectivity index (χ1v) is 16.3. The van der Waals surface area contributed by atoms with Crippen molar-refractivity contribution < 1.29 is 31.9 Å². The molecule has 1 N–H and O–H groups in total. The summed E-state index contributed by atoms with van der Waals surface area (Å²) in [4.78, 5) is 29.3. The highest BCUT2D eigenvalue weighted by atomic mass is 32.2. The minimum Gasteiger partial charge on any atom is -0.497 e. The van der Waals surface area contributed by atoms with Gasteiger partial charge in [-0.05, 0) is 73.4 Å². The smallest absolute Gasteiger partial charge is 0.264 e. The molecule has 4 rings (SSSR count). The summed E-state index contributed by atoms with van der Waals surface area (Å²) >= 11 is 0. The molecule has 1 atom stereocenters. The molecule has 1 aliphatic rings.